The summed E-state index contributed by atoms with van der Waals surface area (Å²) in [6.07, 6.45) is 3.68. The SMILES string of the molecule is CCS(=O)NCc1cncc(-c2cc3ccccc3n2C)c1. The Bertz CT molecular complexity index is 826. The van der Waals surface area contributed by atoms with Gasteiger partial charge in [0, 0.05) is 48.2 Å². The average Bonchev–Trinajstić information content (AvgIpc) is 2.90. The van der Waals surface area contributed by atoms with Crippen molar-refractivity contribution in [2.75, 3.05) is 5.75 Å². The first kappa shape index (κ1) is 14.9. The largest absolute Gasteiger partial charge is 0.344 e. The zero-order valence-corrected chi connectivity index (χ0v) is 13.6. The molecule has 0 saturated carbocycles. The summed E-state index contributed by atoms with van der Waals surface area (Å²) in [4.78, 5) is 4.32. The molecule has 0 radical (unpaired) electrons. The molecule has 0 bridgehead atoms. The molecule has 22 heavy (non-hydrogen) atoms. The highest BCUT2D eigenvalue weighted by molar-refractivity contribution is 7.82. The molecule has 1 unspecified atom stereocenters. The van der Waals surface area contributed by atoms with Gasteiger partial charge in [0.1, 0.15) is 0 Å². The minimum Gasteiger partial charge on any atom is -0.344 e. The molecule has 3 rings (SSSR count). The summed E-state index contributed by atoms with van der Waals surface area (Å²) < 4.78 is 16.7. The molecular formula is C17H19N3OS. The number of rotatable bonds is 5. The van der Waals surface area contributed by atoms with Crippen LogP contribution in [-0.4, -0.2) is 19.5 Å². The number of aryl methyl sites for hydroxylation is 1. The number of fused-ring (bicyclic) bond motifs is 1. The van der Waals surface area contributed by atoms with E-state index in [9.17, 15) is 4.21 Å². The molecule has 114 valence electrons. The maximum absolute atomic E-state index is 11.5. The van der Waals surface area contributed by atoms with Gasteiger partial charge in [0.2, 0.25) is 0 Å². The van der Waals surface area contributed by atoms with Crippen LogP contribution in [0.4, 0.5) is 0 Å². The number of hydrogen-bond donors (Lipinski definition) is 1. The third-order valence-corrected chi connectivity index (χ3v) is 4.73. The van der Waals surface area contributed by atoms with E-state index in [4.69, 9.17) is 0 Å². The Balaban J connectivity index is 1.93. The minimum atomic E-state index is -0.978. The quantitative estimate of drug-likeness (QED) is 0.787. The van der Waals surface area contributed by atoms with Crippen molar-refractivity contribution in [2.45, 2.75) is 13.5 Å². The fourth-order valence-electron chi connectivity index (χ4n) is 2.56. The standard InChI is InChI=1S/C17H19N3OS/c1-3-22(21)19-11-13-8-15(12-18-10-13)17-9-14-6-4-5-7-16(14)20(17)2/h4-10,12,19H,3,11H2,1-2H3. The van der Waals surface area contributed by atoms with E-state index in [1.165, 1.54) is 10.9 Å². The lowest BCUT2D eigenvalue weighted by Crippen LogP contribution is -2.18. The van der Waals surface area contributed by atoms with Crippen molar-refractivity contribution in [2.24, 2.45) is 7.05 Å². The normalized spacial score (nSPS) is 12.6. The van der Waals surface area contributed by atoms with Gasteiger partial charge < -0.3 is 4.57 Å². The van der Waals surface area contributed by atoms with Crippen LogP contribution in [0.3, 0.4) is 0 Å². The van der Waals surface area contributed by atoms with Gasteiger partial charge in [-0.2, -0.15) is 0 Å². The molecule has 0 aliphatic rings. The van der Waals surface area contributed by atoms with Gasteiger partial charge in [-0.05, 0) is 23.8 Å². The zero-order valence-electron chi connectivity index (χ0n) is 12.7. The molecule has 0 fully saturated rings. The minimum absolute atomic E-state index is 0.561. The predicted octanol–water partition coefficient (Wildman–Crippen LogP) is 3.01. The Hall–Kier alpha value is -1.98. The van der Waals surface area contributed by atoms with E-state index in [2.05, 4.69) is 45.6 Å². The van der Waals surface area contributed by atoms with Gasteiger partial charge in [-0.1, -0.05) is 25.1 Å². The number of nitrogens with zero attached hydrogens (tertiary/aromatic N) is 2. The highest BCUT2D eigenvalue weighted by Crippen LogP contribution is 2.27. The zero-order chi connectivity index (χ0) is 15.5. The first-order valence-corrected chi connectivity index (χ1v) is 8.61. The molecule has 0 aliphatic carbocycles. The highest BCUT2D eigenvalue weighted by Gasteiger charge is 2.08. The summed E-state index contributed by atoms with van der Waals surface area (Å²) in [5.74, 6) is 0.607. The second-order valence-electron chi connectivity index (χ2n) is 5.18. The maximum Gasteiger partial charge on any atom is 0.0915 e. The Labute approximate surface area is 132 Å². The van der Waals surface area contributed by atoms with Gasteiger partial charge >= 0.3 is 0 Å². The monoisotopic (exact) mass is 313 g/mol. The lowest BCUT2D eigenvalue weighted by atomic mass is 10.1. The molecule has 0 amide bonds. The predicted molar refractivity (Wildman–Crippen MR) is 91.7 cm³/mol. The first-order valence-electron chi connectivity index (χ1n) is 7.29. The van der Waals surface area contributed by atoms with E-state index < -0.39 is 11.0 Å². The van der Waals surface area contributed by atoms with Gasteiger partial charge in [0.05, 0.1) is 16.7 Å². The van der Waals surface area contributed by atoms with Gasteiger partial charge in [0.25, 0.3) is 0 Å². The van der Waals surface area contributed by atoms with Gasteiger partial charge in [-0.25, -0.2) is 8.93 Å². The molecule has 1 N–H and O–H groups in total. The fourth-order valence-corrected chi connectivity index (χ4v) is 3.09. The van der Waals surface area contributed by atoms with Gasteiger partial charge in [-0.15, -0.1) is 0 Å². The summed E-state index contributed by atoms with van der Waals surface area (Å²) in [5, 5.41) is 1.22. The van der Waals surface area contributed by atoms with Crippen LogP contribution in [-0.2, 0) is 24.6 Å². The summed E-state index contributed by atoms with van der Waals surface area (Å²) >= 11 is 0. The van der Waals surface area contributed by atoms with E-state index in [0.717, 1.165) is 16.8 Å². The number of para-hydroxylation sites is 1. The smallest absolute Gasteiger partial charge is 0.0915 e. The molecular weight excluding hydrogens is 294 g/mol. The van der Waals surface area contributed by atoms with Crippen molar-refractivity contribution in [3.8, 4) is 11.3 Å². The van der Waals surface area contributed by atoms with Crippen LogP contribution in [0.25, 0.3) is 22.2 Å². The van der Waals surface area contributed by atoms with Crippen LogP contribution in [0, 0.1) is 0 Å². The fraction of sp³-hybridized carbons (Fsp3) is 0.235. The van der Waals surface area contributed by atoms with Crippen molar-refractivity contribution in [1.82, 2.24) is 14.3 Å². The summed E-state index contributed by atoms with van der Waals surface area (Å²) in [5.41, 5.74) is 4.44. The first-order chi connectivity index (χ1) is 10.7. The number of nitrogens with one attached hydrogen (secondary N) is 1. The van der Waals surface area contributed by atoms with Crippen molar-refractivity contribution in [3.63, 3.8) is 0 Å². The third-order valence-electron chi connectivity index (χ3n) is 3.74. The van der Waals surface area contributed by atoms with Gasteiger partial charge in [0.15, 0.2) is 0 Å². The lowest BCUT2D eigenvalue weighted by Gasteiger charge is -2.07. The third kappa shape index (κ3) is 2.96. The van der Waals surface area contributed by atoms with E-state index in [0.29, 0.717) is 12.3 Å². The lowest BCUT2D eigenvalue weighted by molar-refractivity contribution is 0.672. The Morgan fingerprint density at radius 3 is 2.82 bits per heavy atom. The Morgan fingerprint density at radius 2 is 2.05 bits per heavy atom. The van der Waals surface area contributed by atoms with Crippen molar-refractivity contribution >= 4 is 21.9 Å². The van der Waals surface area contributed by atoms with Crippen molar-refractivity contribution in [1.29, 1.82) is 0 Å². The van der Waals surface area contributed by atoms with Crippen LogP contribution in [0.2, 0.25) is 0 Å². The topological polar surface area (TPSA) is 46.9 Å². The second kappa shape index (κ2) is 6.42. The second-order valence-corrected chi connectivity index (χ2v) is 6.74. The van der Waals surface area contributed by atoms with Gasteiger partial charge in [-0.3, -0.25) is 4.98 Å². The van der Waals surface area contributed by atoms with Crippen LogP contribution in [0.5, 0.6) is 0 Å². The van der Waals surface area contributed by atoms with Crippen molar-refractivity contribution < 1.29 is 4.21 Å². The van der Waals surface area contributed by atoms with Crippen molar-refractivity contribution in [3.05, 3.63) is 54.4 Å². The molecule has 2 aromatic heterocycles. The maximum atomic E-state index is 11.5. The highest BCUT2D eigenvalue weighted by atomic mass is 32.2. The summed E-state index contributed by atoms with van der Waals surface area (Å²) in [7, 11) is 1.09. The molecule has 2 heterocycles. The summed E-state index contributed by atoms with van der Waals surface area (Å²) in [6.45, 7) is 2.46. The Kier molecular flexibility index (Phi) is 4.36. The summed E-state index contributed by atoms with van der Waals surface area (Å²) in [6, 6.07) is 12.6. The average molecular weight is 313 g/mol. The molecule has 0 aliphatic heterocycles. The molecule has 1 aromatic carbocycles. The molecule has 0 saturated heterocycles. The number of pyridine rings is 1. The number of benzene rings is 1. The van der Waals surface area contributed by atoms with Crippen LogP contribution < -0.4 is 4.72 Å². The molecule has 0 spiro atoms. The van der Waals surface area contributed by atoms with E-state index >= 15 is 0 Å². The Morgan fingerprint density at radius 1 is 1.23 bits per heavy atom. The van der Waals surface area contributed by atoms with Crippen LogP contribution in [0.15, 0.2) is 48.8 Å². The van der Waals surface area contributed by atoms with Crippen LogP contribution >= 0.6 is 0 Å². The van der Waals surface area contributed by atoms with E-state index in [-0.39, 0.29) is 0 Å². The molecule has 5 heteroatoms. The number of hydrogen-bond acceptors (Lipinski definition) is 2. The van der Waals surface area contributed by atoms with E-state index in [1.807, 2.05) is 31.5 Å². The van der Waals surface area contributed by atoms with Crippen LogP contribution in [0.1, 0.15) is 12.5 Å². The molecule has 4 nitrogen and oxygen atoms in total. The number of aromatic nitrogens is 2. The molecule has 1 atom stereocenters. The molecule has 3 aromatic rings. The van der Waals surface area contributed by atoms with E-state index in [1.54, 1.807) is 0 Å².